The predicted molar refractivity (Wildman–Crippen MR) is 129 cm³/mol. The number of hydrogen-bond acceptors (Lipinski definition) is 3. The number of amides is 1. The van der Waals surface area contributed by atoms with Gasteiger partial charge in [-0.25, -0.2) is 0 Å². The van der Waals surface area contributed by atoms with Crippen molar-refractivity contribution in [2.45, 2.75) is 44.8 Å². The largest absolute Gasteiger partial charge is 0.361 e. The summed E-state index contributed by atoms with van der Waals surface area (Å²) in [7, 11) is 0. The number of benzene rings is 2. The minimum Gasteiger partial charge on any atom is -0.361 e. The van der Waals surface area contributed by atoms with Crippen LogP contribution < -0.4 is 11.1 Å². The van der Waals surface area contributed by atoms with Crippen LogP contribution in [0.5, 0.6) is 0 Å². The molecule has 3 heterocycles. The Labute approximate surface area is 188 Å². The van der Waals surface area contributed by atoms with E-state index in [-0.39, 0.29) is 11.9 Å². The molecule has 32 heavy (non-hydrogen) atoms. The highest BCUT2D eigenvalue weighted by Gasteiger charge is 2.24. The van der Waals surface area contributed by atoms with E-state index in [1.165, 1.54) is 22.0 Å². The van der Waals surface area contributed by atoms with Crippen LogP contribution in [0.2, 0.25) is 0 Å². The van der Waals surface area contributed by atoms with Crippen LogP contribution in [0.1, 0.15) is 29.5 Å². The minimum absolute atomic E-state index is 0.0548. The first-order chi connectivity index (χ1) is 15.6. The van der Waals surface area contributed by atoms with Crippen LogP contribution in [0.4, 0.5) is 0 Å². The molecule has 0 aliphatic carbocycles. The van der Waals surface area contributed by atoms with Crippen LogP contribution in [0.15, 0.2) is 54.9 Å². The third-order valence-corrected chi connectivity index (χ3v) is 6.70. The molecular formula is C26H31N5O. The van der Waals surface area contributed by atoms with Crippen molar-refractivity contribution in [3.8, 4) is 0 Å². The Hall–Kier alpha value is -3.09. The highest BCUT2D eigenvalue weighted by molar-refractivity contribution is 5.86. The van der Waals surface area contributed by atoms with Crippen molar-refractivity contribution in [2.75, 3.05) is 13.1 Å². The molecule has 0 unspecified atom stereocenters. The molecule has 1 saturated heterocycles. The number of hydrogen-bond donors (Lipinski definition) is 4. The van der Waals surface area contributed by atoms with Crippen LogP contribution in [-0.4, -0.2) is 45.9 Å². The number of carbonyl (C=O) groups is 1. The van der Waals surface area contributed by atoms with Gasteiger partial charge in [-0.1, -0.05) is 29.8 Å². The zero-order valence-electron chi connectivity index (χ0n) is 18.5. The van der Waals surface area contributed by atoms with Gasteiger partial charge in [0.05, 0.1) is 6.04 Å². The molecule has 5 N–H and O–H groups in total. The van der Waals surface area contributed by atoms with Gasteiger partial charge in [-0.15, -0.1) is 0 Å². The van der Waals surface area contributed by atoms with Gasteiger partial charge in [-0.3, -0.25) is 9.69 Å². The van der Waals surface area contributed by atoms with E-state index >= 15 is 0 Å². The van der Waals surface area contributed by atoms with Crippen molar-refractivity contribution in [3.63, 3.8) is 0 Å². The maximum atomic E-state index is 12.7. The number of nitrogens with two attached hydrogens (primary N) is 1. The van der Waals surface area contributed by atoms with E-state index in [1.54, 1.807) is 0 Å². The predicted octanol–water partition coefficient (Wildman–Crippen LogP) is 3.61. The molecule has 2 aromatic carbocycles. The average molecular weight is 430 g/mol. The Morgan fingerprint density at radius 1 is 1.06 bits per heavy atom. The van der Waals surface area contributed by atoms with Crippen LogP contribution in [0.3, 0.4) is 0 Å². The van der Waals surface area contributed by atoms with E-state index in [0.717, 1.165) is 48.9 Å². The second-order valence-corrected chi connectivity index (χ2v) is 9.09. The van der Waals surface area contributed by atoms with Crippen molar-refractivity contribution in [3.05, 3.63) is 71.5 Å². The first-order valence-electron chi connectivity index (χ1n) is 11.5. The first kappa shape index (κ1) is 20.8. The van der Waals surface area contributed by atoms with Gasteiger partial charge in [0.1, 0.15) is 0 Å². The van der Waals surface area contributed by atoms with Crippen molar-refractivity contribution in [1.82, 2.24) is 20.2 Å². The van der Waals surface area contributed by atoms with Crippen LogP contribution in [-0.2, 0) is 17.8 Å². The summed E-state index contributed by atoms with van der Waals surface area (Å²) in [6.45, 7) is 5.01. The van der Waals surface area contributed by atoms with Crippen molar-refractivity contribution in [2.24, 2.45) is 5.73 Å². The number of nitrogens with one attached hydrogen (secondary N) is 3. The van der Waals surface area contributed by atoms with E-state index in [1.807, 2.05) is 24.4 Å². The van der Waals surface area contributed by atoms with E-state index in [4.69, 9.17) is 5.73 Å². The number of H-pyrrole nitrogens is 2. The Kier molecular flexibility index (Phi) is 5.72. The second kappa shape index (κ2) is 8.81. The number of aryl methyl sites for hydroxylation is 1. The standard InChI is InChI=1S/C26H31N5O/c1-17-6-7-25-22(12-17)19(15-29-25)16-31-10-8-20(9-11-31)30-26(32)23(27)13-18-14-28-24-5-3-2-4-21(18)24/h2-7,12,14-15,20,23,28-29H,8-11,13,16,27H2,1H3,(H,30,32)/t23-/m0/s1. The smallest absolute Gasteiger partial charge is 0.237 e. The molecule has 4 aromatic rings. The van der Waals surface area contributed by atoms with Gasteiger partial charge >= 0.3 is 0 Å². The Morgan fingerprint density at radius 3 is 2.59 bits per heavy atom. The quantitative estimate of drug-likeness (QED) is 0.377. The number of piperidine rings is 1. The van der Waals surface area contributed by atoms with E-state index in [0.29, 0.717) is 6.42 Å². The zero-order valence-corrected chi connectivity index (χ0v) is 18.5. The molecule has 1 aliphatic heterocycles. The minimum atomic E-state index is -0.540. The van der Waals surface area contributed by atoms with Crippen LogP contribution in [0.25, 0.3) is 21.8 Å². The number of carbonyl (C=O) groups excluding carboxylic acids is 1. The number of likely N-dealkylation sites (tertiary alicyclic amines) is 1. The van der Waals surface area contributed by atoms with Gasteiger partial charge in [0.25, 0.3) is 0 Å². The molecule has 0 radical (unpaired) electrons. The summed E-state index contributed by atoms with van der Waals surface area (Å²) < 4.78 is 0. The Morgan fingerprint density at radius 2 is 1.78 bits per heavy atom. The fourth-order valence-corrected chi connectivity index (χ4v) is 4.84. The maximum absolute atomic E-state index is 12.7. The van der Waals surface area contributed by atoms with Gasteiger partial charge in [0.2, 0.25) is 5.91 Å². The van der Waals surface area contributed by atoms with E-state index in [9.17, 15) is 4.79 Å². The molecule has 1 amide bonds. The maximum Gasteiger partial charge on any atom is 0.237 e. The highest BCUT2D eigenvalue weighted by atomic mass is 16.2. The molecule has 2 aromatic heterocycles. The number of aromatic nitrogens is 2. The molecule has 1 fully saturated rings. The van der Waals surface area contributed by atoms with Crippen molar-refractivity contribution < 1.29 is 4.79 Å². The molecule has 0 spiro atoms. The summed E-state index contributed by atoms with van der Waals surface area (Å²) in [4.78, 5) is 21.8. The third-order valence-electron chi connectivity index (χ3n) is 6.70. The number of rotatable bonds is 6. The first-order valence-corrected chi connectivity index (χ1v) is 11.5. The Bertz CT molecular complexity index is 1230. The van der Waals surface area contributed by atoms with E-state index < -0.39 is 6.04 Å². The summed E-state index contributed by atoms with van der Waals surface area (Å²) >= 11 is 0. The number of fused-ring (bicyclic) bond motifs is 2. The van der Waals surface area contributed by atoms with E-state index in [2.05, 4.69) is 57.6 Å². The van der Waals surface area contributed by atoms with Crippen LogP contribution >= 0.6 is 0 Å². The number of aromatic amines is 2. The normalized spacial score (nSPS) is 16.6. The SMILES string of the molecule is Cc1ccc2[nH]cc(CN3CCC(NC(=O)[C@@H](N)Cc4c[nH]c5ccccc45)CC3)c2c1. The molecule has 166 valence electrons. The number of para-hydroxylation sites is 1. The number of nitrogens with zero attached hydrogens (tertiary/aromatic N) is 1. The molecule has 1 aliphatic rings. The van der Waals surface area contributed by atoms with Gasteiger partial charge < -0.3 is 21.0 Å². The van der Waals surface area contributed by atoms with Crippen molar-refractivity contribution in [1.29, 1.82) is 0 Å². The molecule has 0 saturated carbocycles. The van der Waals surface area contributed by atoms with Gasteiger partial charge in [-0.05, 0) is 55.5 Å². The summed E-state index contributed by atoms with van der Waals surface area (Å²) in [5.41, 5.74) is 12.2. The van der Waals surface area contributed by atoms with Crippen LogP contribution in [0, 0.1) is 6.92 Å². The summed E-state index contributed by atoms with van der Waals surface area (Å²) in [6, 6.07) is 14.3. The van der Waals surface area contributed by atoms with Gasteiger partial charge in [0, 0.05) is 59.9 Å². The fraction of sp³-hybridized carbons (Fsp3) is 0.346. The lowest BCUT2D eigenvalue weighted by Gasteiger charge is -2.32. The zero-order chi connectivity index (χ0) is 22.1. The molecule has 6 nitrogen and oxygen atoms in total. The Balaban J connectivity index is 1.13. The third kappa shape index (κ3) is 4.29. The van der Waals surface area contributed by atoms with Gasteiger partial charge in [-0.2, -0.15) is 0 Å². The monoisotopic (exact) mass is 429 g/mol. The summed E-state index contributed by atoms with van der Waals surface area (Å²) in [5, 5.41) is 5.63. The average Bonchev–Trinajstić information content (AvgIpc) is 3.39. The molecule has 0 bridgehead atoms. The van der Waals surface area contributed by atoms with Crippen molar-refractivity contribution >= 4 is 27.7 Å². The molecule has 6 heteroatoms. The summed E-state index contributed by atoms with van der Waals surface area (Å²) in [6.07, 6.45) is 6.53. The highest BCUT2D eigenvalue weighted by Crippen LogP contribution is 2.23. The summed E-state index contributed by atoms with van der Waals surface area (Å²) in [5.74, 6) is -0.0548. The molecular weight excluding hydrogens is 398 g/mol. The second-order valence-electron chi connectivity index (χ2n) is 9.09. The molecule has 5 rings (SSSR count). The van der Waals surface area contributed by atoms with Gasteiger partial charge in [0.15, 0.2) is 0 Å². The fourth-order valence-electron chi connectivity index (χ4n) is 4.84. The lowest BCUT2D eigenvalue weighted by atomic mass is 10.0. The lowest BCUT2D eigenvalue weighted by Crippen LogP contribution is -2.50. The lowest BCUT2D eigenvalue weighted by molar-refractivity contribution is -0.123. The molecule has 1 atom stereocenters. The topological polar surface area (TPSA) is 89.9 Å².